The molecule has 6 nitrogen and oxygen atoms in total. The zero-order valence-corrected chi connectivity index (χ0v) is 18.2. The molecular weight excluding hydrogens is 362 g/mol. The maximum absolute atomic E-state index is 9.62. The lowest BCUT2D eigenvalue weighted by Crippen LogP contribution is -2.44. The zero-order valence-electron chi connectivity index (χ0n) is 18.2. The molecule has 29 heavy (non-hydrogen) atoms. The van der Waals surface area contributed by atoms with Gasteiger partial charge in [-0.25, -0.2) is 0 Å². The molecule has 2 aliphatic heterocycles. The minimum Gasteiger partial charge on any atom is -0.393 e. The van der Waals surface area contributed by atoms with E-state index >= 15 is 0 Å². The predicted octanol–water partition coefficient (Wildman–Crippen LogP) is 2.05. The molecule has 2 heterocycles. The summed E-state index contributed by atoms with van der Waals surface area (Å²) >= 11 is 0. The Hall–Kier alpha value is -1.63. The first-order chi connectivity index (χ1) is 14.1. The summed E-state index contributed by atoms with van der Waals surface area (Å²) in [5.74, 6) is 0.945. The van der Waals surface area contributed by atoms with Crippen LogP contribution in [0.15, 0.2) is 35.3 Å². The van der Waals surface area contributed by atoms with Crippen LogP contribution in [0.2, 0.25) is 0 Å². The largest absolute Gasteiger partial charge is 0.393 e. The smallest absolute Gasteiger partial charge is 0.191 e. The lowest BCUT2D eigenvalue weighted by molar-refractivity contribution is 0.0824. The van der Waals surface area contributed by atoms with Crippen LogP contribution >= 0.6 is 0 Å². The van der Waals surface area contributed by atoms with E-state index in [4.69, 9.17) is 4.99 Å². The van der Waals surface area contributed by atoms with Crippen LogP contribution < -0.4 is 10.6 Å². The molecule has 0 aliphatic carbocycles. The van der Waals surface area contributed by atoms with Crippen molar-refractivity contribution in [3.05, 3.63) is 35.9 Å². The summed E-state index contributed by atoms with van der Waals surface area (Å²) in [7, 11) is 0. The molecule has 6 heteroatoms. The summed E-state index contributed by atoms with van der Waals surface area (Å²) in [6, 6.07) is 11.8. The van der Waals surface area contributed by atoms with Gasteiger partial charge in [-0.15, -0.1) is 0 Å². The molecule has 0 saturated carbocycles. The number of benzene rings is 1. The van der Waals surface area contributed by atoms with Crippen molar-refractivity contribution in [3.63, 3.8) is 0 Å². The molecule has 1 aromatic carbocycles. The summed E-state index contributed by atoms with van der Waals surface area (Å²) in [6.45, 7) is 11.3. The maximum Gasteiger partial charge on any atom is 0.191 e. The molecule has 0 bridgehead atoms. The van der Waals surface area contributed by atoms with Crippen molar-refractivity contribution in [2.45, 2.75) is 64.3 Å². The van der Waals surface area contributed by atoms with Crippen LogP contribution in [0.1, 0.15) is 45.1 Å². The minimum atomic E-state index is -0.0934. The Morgan fingerprint density at radius 2 is 1.97 bits per heavy atom. The summed E-state index contributed by atoms with van der Waals surface area (Å²) < 4.78 is 0. The normalized spacial score (nSPS) is 24.7. The van der Waals surface area contributed by atoms with E-state index in [9.17, 15) is 5.11 Å². The highest BCUT2D eigenvalue weighted by atomic mass is 16.3. The average molecular weight is 402 g/mol. The minimum absolute atomic E-state index is 0.0934. The number of hydrogen-bond acceptors (Lipinski definition) is 4. The number of nitrogens with one attached hydrogen (secondary N) is 2. The van der Waals surface area contributed by atoms with Crippen LogP contribution in [0.5, 0.6) is 0 Å². The molecule has 162 valence electrons. The number of piperidine rings is 1. The maximum atomic E-state index is 9.62. The SMILES string of the molecule is CCNC(=NCCCN1CCC(O)CC1)NC1CC(C)N(Cc2ccccc2)C1. The third-order valence-corrected chi connectivity index (χ3v) is 6.08. The number of rotatable bonds is 8. The number of aliphatic imine (C=N–C) groups is 1. The van der Waals surface area contributed by atoms with Gasteiger partial charge in [-0.2, -0.15) is 0 Å². The van der Waals surface area contributed by atoms with Crippen LogP contribution in [0.4, 0.5) is 0 Å². The van der Waals surface area contributed by atoms with E-state index in [1.165, 1.54) is 5.56 Å². The van der Waals surface area contributed by atoms with Crippen molar-refractivity contribution in [1.82, 2.24) is 20.4 Å². The molecule has 2 aliphatic rings. The van der Waals surface area contributed by atoms with Crippen LogP contribution in [-0.2, 0) is 6.54 Å². The van der Waals surface area contributed by atoms with Gasteiger partial charge in [0.25, 0.3) is 0 Å². The van der Waals surface area contributed by atoms with Crippen LogP contribution in [0.25, 0.3) is 0 Å². The Bertz CT molecular complexity index is 615. The topological polar surface area (TPSA) is 63.1 Å². The van der Waals surface area contributed by atoms with Gasteiger partial charge in [0.2, 0.25) is 0 Å². The Morgan fingerprint density at radius 1 is 1.21 bits per heavy atom. The van der Waals surface area contributed by atoms with E-state index in [1.807, 2.05) is 0 Å². The second kappa shape index (κ2) is 11.5. The number of guanidine groups is 1. The van der Waals surface area contributed by atoms with Gasteiger partial charge in [-0.1, -0.05) is 30.3 Å². The fraction of sp³-hybridized carbons (Fsp3) is 0.696. The molecule has 0 spiro atoms. The average Bonchev–Trinajstić information content (AvgIpc) is 3.06. The second-order valence-corrected chi connectivity index (χ2v) is 8.53. The van der Waals surface area contributed by atoms with Gasteiger partial charge in [0, 0.05) is 51.4 Å². The molecule has 0 aromatic heterocycles. The molecule has 1 aromatic rings. The lowest BCUT2D eigenvalue weighted by Gasteiger charge is -2.29. The van der Waals surface area contributed by atoms with E-state index in [2.05, 4.69) is 64.6 Å². The first-order valence-corrected chi connectivity index (χ1v) is 11.4. The Morgan fingerprint density at radius 3 is 2.69 bits per heavy atom. The number of aliphatic hydroxyl groups is 1. The number of likely N-dealkylation sites (tertiary alicyclic amines) is 2. The van der Waals surface area contributed by atoms with Crippen molar-refractivity contribution in [3.8, 4) is 0 Å². The first kappa shape index (κ1) is 22.1. The molecule has 3 N–H and O–H groups in total. The first-order valence-electron chi connectivity index (χ1n) is 11.4. The van der Waals surface area contributed by atoms with Gasteiger partial charge in [0.15, 0.2) is 5.96 Å². The lowest BCUT2D eigenvalue weighted by atomic mass is 10.1. The van der Waals surface area contributed by atoms with Crippen molar-refractivity contribution in [2.75, 3.05) is 39.3 Å². The fourth-order valence-corrected chi connectivity index (χ4v) is 4.38. The Labute approximate surface area is 176 Å². The quantitative estimate of drug-likeness (QED) is 0.354. The van der Waals surface area contributed by atoms with Gasteiger partial charge in [0.1, 0.15) is 0 Å². The molecular formula is C23H39N5O. The Kier molecular flexibility index (Phi) is 8.77. The highest BCUT2D eigenvalue weighted by Crippen LogP contribution is 2.20. The van der Waals surface area contributed by atoms with E-state index in [-0.39, 0.29) is 6.10 Å². The number of nitrogens with zero attached hydrogens (tertiary/aromatic N) is 3. The highest BCUT2D eigenvalue weighted by Gasteiger charge is 2.29. The van der Waals surface area contributed by atoms with Crippen LogP contribution in [0.3, 0.4) is 0 Å². The van der Waals surface area contributed by atoms with Crippen LogP contribution in [-0.4, -0.2) is 78.3 Å². The van der Waals surface area contributed by atoms with Crippen molar-refractivity contribution in [1.29, 1.82) is 0 Å². The zero-order chi connectivity index (χ0) is 20.5. The second-order valence-electron chi connectivity index (χ2n) is 8.53. The molecule has 0 radical (unpaired) electrons. The fourth-order valence-electron chi connectivity index (χ4n) is 4.38. The summed E-state index contributed by atoms with van der Waals surface area (Å²) in [5.41, 5.74) is 1.38. The van der Waals surface area contributed by atoms with E-state index in [0.29, 0.717) is 12.1 Å². The van der Waals surface area contributed by atoms with Gasteiger partial charge in [-0.05, 0) is 51.6 Å². The molecule has 2 saturated heterocycles. The molecule has 2 unspecified atom stereocenters. The third kappa shape index (κ3) is 7.28. The van der Waals surface area contributed by atoms with Crippen molar-refractivity contribution in [2.24, 2.45) is 4.99 Å². The number of hydrogen-bond donors (Lipinski definition) is 3. The van der Waals surface area contributed by atoms with E-state index in [0.717, 1.165) is 77.5 Å². The predicted molar refractivity (Wildman–Crippen MR) is 120 cm³/mol. The standard InChI is InChI=1S/C23H39N5O/c1-3-24-23(25-12-7-13-27-14-10-22(29)11-15-27)26-21-16-19(2)28(18-21)17-20-8-5-4-6-9-20/h4-6,8-9,19,21-22,29H,3,7,10-18H2,1-2H3,(H2,24,25,26). The molecule has 0 amide bonds. The van der Waals surface area contributed by atoms with Gasteiger partial charge in [0.05, 0.1) is 6.10 Å². The van der Waals surface area contributed by atoms with Crippen molar-refractivity contribution >= 4 is 5.96 Å². The summed E-state index contributed by atoms with van der Waals surface area (Å²) in [4.78, 5) is 9.81. The van der Waals surface area contributed by atoms with Gasteiger partial charge >= 0.3 is 0 Å². The van der Waals surface area contributed by atoms with E-state index < -0.39 is 0 Å². The highest BCUT2D eigenvalue weighted by molar-refractivity contribution is 5.80. The Balaban J connectivity index is 1.42. The number of aliphatic hydroxyl groups excluding tert-OH is 1. The third-order valence-electron chi connectivity index (χ3n) is 6.08. The van der Waals surface area contributed by atoms with E-state index in [1.54, 1.807) is 0 Å². The summed E-state index contributed by atoms with van der Waals surface area (Å²) in [5, 5.41) is 16.7. The summed E-state index contributed by atoms with van der Waals surface area (Å²) in [6.07, 6.45) is 3.94. The van der Waals surface area contributed by atoms with Crippen LogP contribution in [0, 0.1) is 0 Å². The van der Waals surface area contributed by atoms with Crippen molar-refractivity contribution < 1.29 is 5.11 Å². The monoisotopic (exact) mass is 401 g/mol. The molecule has 3 rings (SSSR count). The molecule has 2 atom stereocenters. The molecule has 2 fully saturated rings. The van der Waals surface area contributed by atoms with Gasteiger partial charge < -0.3 is 20.6 Å². The van der Waals surface area contributed by atoms with Gasteiger partial charge in [-0.3, -0.25) is 9.89 Å².